The molecule has 1 aliphatic rings. The Bertz CT molecular complexity index is 236. The fourth-order valence-corrected chi connectivity index (χ4v) is 1.33. The van der Waals surface area contributed by atoms with Gasteiger partial charge in [0.2, 0.25) is 0 Å². The highest BCUT2D eigenvalue weighted by atomic mass is 16.6. The van der Waals surface area contributed by atoms with E-state index in [0.717, 1.165) is 0 Å². The third-order valence-corrected chi connectivity index (χ3v) is 2.30. The predicted octanol–water partition coefficient (Wildman–Crippen LogP) is -0.114. The van der Waals surface area contributed by atoms with Crippen molar-refractivity contribution in [3.8, 4) is 0 Å². The van der Waals surface area contributed by atoms with Gasteiger partial charge in [-0.25, -0.2) is 0 Å². The molecule has 0 saturated carbocycles. The lowest BCUT2D eigenvalue weighted by molar-refractivity contribution is -0.149. The minimum atomic E-state index is -0.578. The molecule has 0 bridgehead atoms. The molecule has 1 heterocycles. The van der Waals surface area contributed by atoms with Crippen molar-refractivity contribution < 1.29 is 19.1 Å². The van der Waals surface area contributed by atoms with E-state index < -0.39 is 12.1 Å². The molecule has 0 radical (unpaired) electrons. The lowest BCUT2D eigenvalue weighted by Crippen LogP contribution is -2.48. The monoisotopic (exact) mass is 215 g/mol. The van der Waals surface area contributed by atoms with Crippen LogP contribution >= 0.6 is 0 Å². The smallest absolute Gasteiger partial charge is 0.252 e. The number of amides is 1. The highest BCUT2D eigenvalue weighted by Gasteiger charge is 2.24. The van der Waals surface area contributed by atoms with Crippen LogP contribution in [-0.2, 0) is 19.1 Å². The second kappa shape index (κ2) is 5.82. The second-order valence-corrected chi connectivity index (χ2v) is 3.48. The number of ketones is 1. The summed E-state index contributed by atoms with van der Waals surface area (Å²) in [6.07, 6.45) is -0.158. The molecule has 2 atom stereocenters. The summed E-state index contributed by atoms with van der Waals surface area (Å²) in [5.74, 6) is -0.260. The molecule has 1 amide bonds. The topological polar surface area (TPSA) is 64.6 Å². The van der Waals surface area contributed by atoms with Crippen molar-refractivity contribution in [2.24, 2.45) is 0 Å². The van der Waals surface area contributed by atoms with Gasteiger partial charge in [-0.3, -0.25) is 9.59 Å². The molecule has 5 nitrogen and oxygen atoms in total. The molecule has 0 aromatic heterocycles. The van der Waals surface area contributed by atoms with Crippen LogP contribution in [0, 0.1) is 0 Å². The lowest BCUT2D eigenvalue weighted by atomic mass is 10.1. The molecule has 2 unspecified atom stereocenters. The first-order chi connectivity index (χ1) is 7.15. The molecule has 86 valence electrons. The number of carbonyl (C=O) groups excluding carboxylic acids is 2. The van der Waals surface area contributed by atoms with Crippen molar-refractivity contribution in [2.45, 2.75) is 32.4 Å². The van der Waals surface area contributed by atoms with Gasteiger partial charge in [-0.2, -0.15) is 0 Å². The molecule has 1 rings (SSSR count). The van der Waals surface area contributed by atoms with Crippen molar-refractivity contribution in [2.75, 3.05) is 19.8 Å². The van der Waals surface area contributed by atoms with E-state index in [4.69, 9.17) is 9.47 Å². The predicted molar refractivity (Wildman–Crippen MR) is 53.5 cm³/mol. The standard InChI is InChI=1S/C10H17NO4/c1-3-8(12)7(2)11-10(13)9-6-14-4-5-15-9/h7,9H,3-6H2,1-2H3,(H,11,13). The van der Waals surface area contributed by atoms with Crippen molar-refractivity contribution in [3.05, 3.63) is 0 Å². The molecule has 0 spiro atoms. The Hall–Kier alpha value is -0.940. The van der Waals surface area contributed by atoms with Gasteiger partial charge in [0.25, 0.3) is 5.91 Å². The summed E-state index contributed by atoms with van der Waals surface area (Å²) >= 11 is 0. The Morgan fingerprint density at radius 3 is 2.73 bits per heavy atom. The molecule has 0 aromatic carbocycles. The molecule has 15 heavy (non-hydrogen) atoms. The van der Waals surface area contributed by atoms with E-state index in [9.17, 15) is 9.59 Å². The summed E-state index contributed by atoms with van der Waals surface area (Å²) in [7, 11) is 0. The second-order valence-electron chi connectivity index (χ2n) is 3.48. The Balaban J connectivity index is 2.36. The lowest BCUT2D eigenvalue weighted by Gasteiger charge is -2.23. The zero-order valence-corrected chi connectivity index (χ0v) is 9.12. The highest BCUT2D eigenvalue weighted by molar-refractivity contribution is 5.90. The van der Waals surface area contributed by atoms with Gasteiger partial charge in [0.1, 0.15) is 0 Å². The maximum Gasteiger partial charge on any atom is 0.252 e. The minimum Gasteiger partial charge on any atom is -0.376 e. The third-order valence-electron chi connectivity index (χ3n) is 2.30. The van der Waals surface area contributed by atoms with E-state index in [1.165, 1.54) is 0 Å². The van der Waals surface area contributed by atoms with Crippen LogP contribution in [-0.4, -0.2) is 43.7 Å². The largest absolute Gasteiger partial charge is 0.376 e. The maximum atomic E-state index is 11.6. The molecule has 1 fully saturated rings. The van der Waals surface area contributed by atoms with Crippen molar-refractivity contribution in [1.82, 2.24) is 5.32 Å². The average molecular weight is 215 g/mol. The molecule has 0 aromatic rings. The first-order valence-corrected chi connectivity index (χ1v) is 5.17. The maximum absolute atomic E-state index is 11.6. The summed E-state index contributed by atoms with van der Waals surface area (Å²) in [5.41, 5.74) is 0. The van der Waals surface area contributed by atoms with Crippen molar-refractivity contribution in [3.63, 3.8) is 0 Å². The van der Waals surface area contributed by atoms with Gasteiger partial charge in [0.15, 0.2) is 11.9 Å². The van der Waals surface area contributed by atoms with Gasteiger partial charge in [-0.1, -0.05) is 6.92 Å². The fourth-order valence-electron chi connectivity index (χ4n) is 1.33. The number of nitrogens with one attached hydrogen (secondary N) is 1. The molecule has 1 saturated heterocycles. The van der Waals surface area contributed by atoms with Gasteiger partial charge in [-0.15, -0.1) is 0 Å². The number of rotatable bonds is 4. The number of hydrogen-bond acceptors (Lipinski definition) is 4. The van der Waals surface area contributed by atoms with Crippen LogP contribution in [0.15, 0.2) is 0 Å². The van der Waals surface area contributed by atoms with Gasteiger partial charge in [0.05, 0.1) is 25.9 Å². The Morgan fingerprint density at radius 2 is 2.20 bits per heavy atom. The van der Waals surface area contributed by atoms with Gasteiger partial charge < -0.3 is 14.8 Å². The van der Waals surface area contributed by atoms with Crippen LogP contribution in [0.5, 0.6) is 0 Å². The van der Waals surface area contributed by atoms with Crippen LogP contribution < -0.4 is 5.32 Å². The SMILES string of the molecule is CCC(=O)C(C)NC(=O)C1COCCO1. The third kappa shape index (κ3) is 3.60. The normalized spacial score (nSPS) is 23.2. The summed E-state index contributed by atoms with van der Waals surface area (Å²) in [5, 5.41) is 2.61. The Kier molecular flexibility index (Phi) is 4.71. The molecule has 0 aliphatic carbocycles. The van der Waals surface area contributed by atoms with E-state index in [0.29, 0.717) is 19.6 Å². The van der Waals surface area contributed by atoms with Crippen LogP contribution in [0.1, 0.15) is 20.3 Å². The van der Waals surface area contributed by atoms with Crippen LogP contribution in [0.2, 0.25) is 0 Å². The number of carbonyl (C=O) groups is 2. The summed E-state index contributed by atoms with van der Waals surface area (Å²) in [6, 6.07) is -0.451. The fraction of sp³-hybridized carbons (Fsp3) is 0.800. The van der Waals surface area contributed by atoms with E-state index >= 15 is 0 Å². The van der Waals surface area contributed by atoms with E-state index in [-0.39, 0.29) is 18.3 Å². The molecular weight excluding hydrogens is 198 g/mol. The molecule has 1 N–H and O–H groups in total. The minimum absolute atomic E-state index is 0.0140. The van der Waals surface area contributed by atoms with Crippen molar-refractivity contribution in [1.29, 1.82) is 0 Å². The van der Waals surface area contributed by atoms with Crippen LogP contribution in [0.3, 0.4) is 0 Å². The Morgan fingerprint density at radius 1 is 1.47 bits per heavy atom. The summed E-state index contributed by atoms with van der Waals surface area (Å²) < 4.78 is 10.3. The first-order valence-electron chi connectivity index (χ1n) is 5.17. The Labute approximate surface area is 89.1 Å². The van der Waals surface area contributed by atoms with Crippen LogP contribution in [0.25, 0.3) is 0 Å². The summed E-state index contributed by atoms with van der Waals surface area (Å²) in [4.78, 5) is 22.8. The van der Waals surface area contributed by atoms with E-state index in [1.807, 2.05) is 0 Å². The molecule has 1 aliphatic heterocycles. The number of hydrogen-bond donors (Lipinski definition) is 1. The van der Waals surface area contributed by atoms with Gasteiger partial charge in [-0.05, 0) is 6.92 Å². The van der Waals surface area contributed by atoms with Gasteiger partial charge in [0, 0.05) is 6.42 Å². The first kappa shape index (κ1) is 12.1. The average Bonchev–Trinajstić information content (AvgIpc) is 2.29. The van der Waals surface area contributed by atoms with Gasteiger partial charge >= 0.3 is 0 Å². The zero-order chi connectivity index (χ0) is 11.3. The van der Waals surface area contributed by atoms with E-state index in [2.05, 4.69) is 5.32 Å². The highest BCUT2D eigenvalue weighted by Crippen LogP contribution is 2.01. The quantitative estimate of drug-likeness (QED) is 0.710. The zero-order valence-electron chi connectivity index (χ0n) is 9.12. The molecule has 5 heteroatoms. The number of Topliss-reactive ketones (excluding diaryl/α,β-unsaturated/α-hetero) is 1. The van der Waals surface area contributed by atoms with E-state index in [1.54, 1.807) is 13.8 Å². The number of ether oxygens (including phenoxy) is 2. The summed E-state index contributed by atoms with van der Waals surface area (Å²) in [6.45, 7) is 4.65. The van der Waals surface area contributed by atoms with Crippen LogP contribution in [0.4, 0.5) is 0 Å². The van der Waals surface area contributed by atoms with Crippen molar-refractivity contribution >= 4 is 11.7 Å². The molecular formula is C10H17NO4.